The number of hydrogen-bond acceptors (Lipinski definition) is 4. The number of carbonyl (C=O) groups excluding carboxylic acids is 2. The van der Waals surface area contributed by atoms with Crippen molar-refractivity contribution in [1.29, 1.82) is 0 Å². The van der Waals surface area contributed by atoms with E-state index in [1.807, 2.05) is 35.2 Å². The molecule has 4 rings (SSSR count). The molecule has 1 aromatic carbocycles. The zero-order valence-electron chi connectivity index (χ0n) is 14.1. The first kappa shape index (κ1) is 16.0. The molecule has 130 valence electrons. The molecule has 2 saturated heterocycles. The first-order valence-corrected chi connectivity index (χ1v) is 8.77. The Morgan fingerprint density at radius 1 is 1.08 bits per heavy atom. The highest BCUT2D eigenvalue weighted by molar-refractivity contribution is 6.06. The first-order chi connectivity index (χ1) is 12.3. The van der Waals surface area contributed by atoms with E-state index >= 15 is 0 Å². The number of amides is 2. The quantitative estimate of drug-likeness (QED) is 0.835. The fourth-order valence-electron chi connectivity index (χ4n) is 3.69. The van der Waals surface area contributed by atoms with Crippen molar-refractivity contribution in [3.05, 3.63) is 42.2 Å². The number of ether oxygens (including phenoxy) is 1. The molecular weight excluding hydrogens is 318 g/mol. The van der Waals surface area contributed by atoms with Gasteiger partial charge in [-0.3, -0.25) is 14.6 Å². The van der Waals surface area contributed by atoms with Gasteiger partial charge in [-0.25, -0.2) is 0 Å². The maximum Gasteiger partial charge on any atom is 0.273 e. The minimum Gasteiger partial charge on any atom is -0.378 e. The van der Waals surface area contributed by atoms with Gasteiger partial charge in [-0.15, -0.1) is 0 Å². The maximum atomic E-state index is 13.1. The molecule has 0 N–H and O–H groups in total. The summed E-state index contributed by atoms with van der Waals surface area (Å²) in [5, 5.41) is 1.82. The van der Waals surface area contributed by atoms with Crippen molar-refractivity contribution in [2.24, 2.45) is 0 Å². The number of hydrogen-bond donors (Lipinski definition) is 0. The third-order valence-corrected chi connectivity index (χ3v) is 5.00. The molecule has 1 atom stereocenters. The predicted molar refractivity (Wildman–Crippen MR) is 93.2 cm³/mol. The lowest BCUT2D eigenvalue weighted by molar-refractivity contribution is -0.139. The van der Waals surface area contributed by atoms with Crippen LogP contribution in [0.1, 0.15) is 23.3 Å². The van der Waals surface area contributed by atoms with E-state index in [1.165, 1.54) is 0 Å². The van der Waals surface area contributed by atoms with Crippen molar-refractivity contribution in [1.82, 2.24) is 14.8 Å². The minimum atomic E-state index is -0.383. The molecule has 2 amide bonds. The molecule has 6 nitrogen and oxygen atoms in total. The molecular formula is C19H21N3O3. The molecule has 2 aliphatic rings. The lowest BCUT2D eigenvalue weighted by atomic mass is 10.1. The molecule has 0 aliphatic carbocycles. The summed E-state index contributed by atoms with van der Waals surface area (Å²) in [7, 11) is 0. The fraction of sp³-hybridized carbons (Fsp3) is 0.421. The zero-order chi connectivity index (χ0) is 17.2. The van der Waals surface area contributed by atoms with Gasteiger partial charge in [-0.05, 0) is 24.3 Å². The highest BCUT2D eigenvalue weighted by Gasteiger charge is 2.38. The molecule has 0 spiro atoms. The molecule has 2 aliphatic heterocycles. The van der Waals surface area contributed by atoms with Crippen molar-refractivity contribution in [2.75, 3.05) is 32.8 Å². The molecule has 0 radical (unpaired) electrons. The Morgan fingerprint density at radius 2 is 1.88 bits per heavy atom. The number of carbonyl (C=O) groups is 2. The predicted octanol–water partition coefficient (Wildman–Crippen LogP) is 1.70. The van der Waals surface area contributed by atoms with E-state index in [1.54, 1.807) is 11.1 Å². The third-order valence-electron chi connectivity index (χ3n) is 5.00. The Kier molecular flexibility index (Phi) is 4.36. The minimum absolute atomic E-state index is 0.0365. The second kappa shape index (κ2) is 6.80. The number of likely N-dealkylation sites (tertiary alicyclic amines) is 1. The number of morpholine rings is 1. The van der Waals surface area contributed by atoms with Gasteiger partial charge in [0.25, 0.3) is 5.91 Å². The summed E-state index contributed by atoms with van der Waals surface area (Å²) >= 11 is 0. The summed E-state index contributed by atoms with van der Waals surface area (Å²) in [6.45, 7) is 2.94. The van der Waals surface area contributed by atoms with Crippen LogP contribution in [0.15, 0.2) is 36.5 Å². The standard InChI is InChI=1S/C19H21N3O3/c23-18(21-10-12-25-13-11-21)16-6-3-9-22(16)19(24)17-15-5-2-1-4-14(15)7-8-20-17/h1-2,4-5,7-8,16H,3,6,9-13H2/t16-/m1/s1. The highest BCUT2D eigenvalue weighted by atomic mass is 16.5. The molecule has 6 heteroatoms. The number of rotatable bonds is 2. The number of benzene rings is 1. The number of aromatic nitrogens is 1. The Morgan fingerprint density at radius 3 is 2.72 bits per heavy atom. The van der Waals surface area contributed by atoms with Gasteiger partial charge in [-0.1, -0.05) is 24.3 Å². The maximum absolute atomic E-state index is 13.1. The Labute approximate surface area is 146 Å². The van der Waals surface area contributed by atoms with E-state index in [2.05, 4.69) is 4.98 Å². The van der Waals surface area contributed by atoms with Crippen molar-refractivity contribution < 1.29 is 14.3 Å². The van der Waals surface area contributed by atoms with E-state index in [-0.39, 0.29) is 17.9 Å². The SMILES string of the molecule is O=C([C@H]1CCCN1C(=O)c1nccc2ccccc12)N1CCOCC1. The van der Waals surface area contributed by atoms with Gasteiger partial charge in [0.2, 0.25) is 5.91 Å². The van der Waals surface area contributed by atoms with Crippen molar-refractivity contribution >= 4 is 22.6 Å². The third kappa shape index (κ3) is 2.98. The van der Waals surface area contributed by atoms with Crippen LogP contribution >= 0.6 is 0 Å². The second-order valence-electron chi connectivity index (χ2n) is 6.47. The molecule has 2 fully saturated rings. The fourth-order valence-corrected chi connectivity index (χ4v) is 3.69. The smallest absolute Gasteiger partial charge is 0.273 e. The van der Waals surface area contributed by atoms with Gasteiger partial charge in [0.05, 0.1) is 13.2 Å². The summed E-state index contributed by atoms with van der Waals surface area (Å²) < 4.78 is 5.32. The number of pyridine rings is 1. The average Bonchev–Trinajstić information content (AvgIpc) is 3.17. The van der Waals surface area contributed by atoms with Crippen LogP contribution in [-0.4, -0.2) is 65.5 Å². The van der Waals surface area contributed by atoms with Gasteiger partial charge >= 0.3 is 0 Å². The topological polar surface area (TPSA) is 62.7 Å². The molecule has 1 aromatic heterocycles. The van der Waals surface area contributed by atoms with Gasteiger partial charge in [0.15, 0.2) is 0 Å². The molecule has 0 bridgehead atoms. The second-order valence-corrected chi connectivity index (χ2v) is 6.47. The molecule has 2 aromatic rings. The molecule has 25 heavy (non-hydrogen) atoms. The molecule has 0 unspecified atom stereocenters. The highest BCUT2D eigenvalue weighted by Crippen LogP contribution is 2.25. The van der Waals surface area contributed by atoms with E-state index in [4.69, 9.17) is 4.74 Å². The van der Waals surface area contributed by atoms with E-state index in [0.717, 1.165) is 17.2 Å². The Hall–Kier alpha value is -2.47. The van der Waals surface area contributed by atoms with Crippen LogP contribution in [0.25, 0.3) is 10.8 Å². The largest absolute Gasteiger partial charge is 0.378 e. The number of fused-ring (bicyclic) bond motifs is 1. The lowest BCUT2D eigenvalue weighted by Crippen LogP contribution is -2.51. The summed E-state index contributed by atoms with van der Waals surface area (Å²) in [6.07, 6.45) is 3.22. The number of nitrogens with zero attached hydrogens (tertiary/aromatic N) is 3. The van der Waals surface area contributed by atoms with Crippen molar-refractivity contribution in [3.8, 4) is 0 Å². The van der Waals surface area contributed by atoms with E-state index < -0.39 is 0 Å². The van der Waals surface area contributed by atoms with Gasteiger partial charge in [-0.2, -0.15) is 0 Å². The van der Waals surface area contributed by atoms with Crippen LogP contribution in [0.2, 0.25) is 0 Å². The van der Waals surface area contributed by atoms with Gasteiger partial charge in [0.1, 0.15) is 11.7 Å². The molecule has 3 heterocycles. The summed E-state index contributed by atoms with van der Waals surface area (Å²) in [5.74, 6) is -0.115. The van der Waals surface area contributed by atoms with Crippen LogP contribution in [-0.2, 0) is 9.53 Å². The van der Waals surface area contributed by atoms with Crippen molar-refractivity contribution in [2.45, 2.75) is 18.9 Å². The van der Waals surface area contributed by atoms with Crippen molar-refractivity contribution in [3.63, 3.8) is 0 Å². The summed E-state index contributed by atoms with van der Waals surface area (Å²) in [4.78, 5) is 33.8. The Bertz CT molecular complexity index is 796. The van der Waals surface area contributed by atoms with E-state index in [9.17, 15) is 9.59 Å². The zero-order valence-corrected chi connectivity index (χ0v) is 14.1. The lowest BCUT2D eigenvalue weighted by Gasteiger charge is -2.32. The first-order valence-electron chi connectivity index (χ1n) is 8.77. The normalized spacial score (nSPS) is 20.9. The van der Waals surface area contributed by atoms with Crippen LogP contribution in [0.3, 0.4) is 0 Å². The van der Waals surface area contributed by atoms with Crippen LogP contribution in [0.5, 0.6) is 0 Å². The average molecular weight is 339 g/mol. The Balaban J connectivity index is 1.61. The van der Waals surface area contributed by atoms with Crippen LogP contribution in [0.4, 0.5) is 0 Å². The van der Waals surface area contributed by atoms with Gasteiger partial charge < -0.3 is 14.5 Å². The monoisotopic (exact) mass is 339 g/mol. The van der Waals surface area contributed by atoms with Crippen LogP contribution < -0.4 is 0 Å². The van der Waals surface area contributed by atoms with E-state index in [0.29, 0.717) is 45.0 Å². The summed E-state index contributed by atoms with van der Waals surface area (Å²) in [6, 6.07) is 9.23. The van der Waals surface area contributed by atoms with Crippen LogP contribution in [0, 0.1) is 0 Å². The van der Waals surface area contributed by atoms with Gasteiger partial charge in [0, 0.05) is 31.2 Å². The summed E-state index contributed by atoms with van der Waals surface area (Å²) in [5.41, 5.74) is 0.430. The molecule has 0 saturated carbocycles.